The number of nitrogens with two attached hydrogens (primary N) is 1. The first-order chi connectivity index (χ1) is 12.5. The second-order valence-corrected chi connectivity index (χ2v) is 12.4. The number of carbonyl (C=O) groups is 1. The van der Waals surface area contributed by atoms with Crippen molar-refractivity contribution in [3.8, 4) is 0 Å². The smallest absolute Gasteiger partial charge is 0.220 e. The van der Waals surface area contributed by atoms with Crippen molar-refractivity contribution >= 4 is 30.5 Å². The molecule has 26 heavy (non-hydrogen) atoms. The molecule has 0 unspecified atom stereocenters. The largest absolute Gasteiger partial charge is 0.399 e. The zero-order valence-electron chi connectivity index (χ0n) is 15.8. The summed E-state index contributed by atoms with van der Waals surface area (Å²) in [6.45, 7) is 8.08. The van der Waals surface area contributed by atoms with Gasteiger partial charge in [0.25, 0.3) is 0 Å². The average Bonchev–Trinajstić information content (AvgIpc) is 2.89. The van der Waals surface area contributed by atoms with Gasteiger partial charge in [-0.25, -0.2) is 0 Å². The molecular weight excluding hydrogens is 338 g/mol. The minimum absolute atomic E-state index is 0.310. The number of carbonyl (C=O) groups excluding carboxylic acids is 1. The first-order valence-electron chi connectivity index (χ1n) is 9.39. The summed E-state index contributed by atoms with van der Waals surface area (Å²) in [5.41, 5.74) is 7.76. The Balaban J connectivity index is 1.61. The van der Waals surface area contributed by atoms with E-state index in [9.17, 15) is 4.79 Å². The van der Waals surface area contributed by atoms with Gasteiger partial charge in [-0.1, -0.05) is 48.6 Å². The molecule has 4 nitrogen and oxygen atoms in total. The van der Waals surface area contributed by atoms with E-state index in [4.69, 9.17) is 5.73 Å². The van der Waals surface area contributed by atoms with Crippen molar-refractivity contribution in [2.75, 3.05) is 36.8 Å². The molecule has 1 saturated heterocycles. The van der Waals surface area contributed by atoms with Gasteiger partial charge in [0.05, 0.1) is 8.07 Å². The van der Waals surface area contributed by atoms with E-state index in [1.165, 1.54) is 10.9 Å². The molecule has 0 spiro atoms. The number of rotatable bonds is 4. The molecule has 1 amide bonds. The van der Waals surface area contributed by atoms with E-state index >= 15 is 0 Å². The number of nitrogens with zero attached hydrogens (tertiary/aromatic N) is 2. The Morgan fingerprint density at radius 3 is 2.35 bits per heavy atom. The normalized spacial score (nSPS) is 15.6. The minimum atomic E-state index is -1.75. The molecule has 0 saturated carbocycles. The Morgan fingerprint density at radius 2 is 1.65 bits per heavy atom. The predicted octanol–water partition coefficient (Wildman–Crippen LogP) is 2.92. The van der Waals surface area contributed by atoms with Gasteiger partial charge in [0.2, 0.25) is 5.91 Å². The molecule has 3 rings (SSSR count). The molecular formula is C21H29N3OSi. The van der Waals surface area contributed by atoms with Crippen molar-refractivity contribution in [3.05, 3.63) is 54.6 Å². The maximum Gasteiger partial charge on any atom is 0.220 e. The second kappa shape index (κ2) is 7.95. The lowest BCUT2D eigenvalue weighted by atomic mass is 10.2. The lowest BCUT2D eigenvalue weighted by molar-refractivity contribution is -0.128. The van der Waals surface area contributed by atoms with Gasteiger partial charge < -0.3 is 15.5 Å². The molecule has 138 valence electrons. The summed E-state index contributed by atoms with van der Waals surface area (Å²) in [4.78, 5) is 17.4. The maximum absolute atomic E-state index is 13.0. The van der Waals surface area contributed by atoms with Crippen molar-refractivity contribution in [2.24, 2.45) is 0 Å². The molecule has 1 aliphatic rings. The van der Waals surface area contributed by atoms with Gasteiger partial charge in [0, 0.05) is 43.6 Å². The van der Waals surface area contributed by atoms with Crippen molar-refractivity contribution in [2.45, 2.75) is 25.6 Å². The number of hydrogen-bond donors (Lipinski definition) is 1. The molecule has 0 aromatic heterocycles. The third-order valence-corrected chi connectivity index (χ3v) is 8.34. The van der Waals surface area contributed by atoms with E-state index in [2.05, 4.69) is 59.3 Å². The van der Waals surface area contributed by atoms with Crippen molar-refractivity contribution < 1.29 is 4.79 Å². The first kappa shape index (κ1) is 18.5. The predicted molar refractivity (Wildman–Crippen MR) is 113 cm³/mol. The molecule has 5 heteroatoms. The third kappa shape index (κ3) is 4.46. The van der Waals surface area contributed by atoms with Crippen LogP contribution < -0.4 is 15.8 Å². The zero-order valence-corrected chi connectivity index (χ0v) is 16.8. The Hall–Kier alpha value is -2.27. The summed E-state index contributed by atoms with van der Waals surface area (Å²) in [6, 6.07) is 19.2. The topological polar surface area (TPSA) is 49.6 Å². The monoisotopic (exact) mass is 367 g/mol. The Kier molecular flexibility index (Phi) is 5.66. The number of hydrogen-bond acceptors (Lipinski definition) is 3. The highest BCUT2D eigenvalue weighted by molar-refractivity contribution is 6.91. The van der Waals surface area contributed by atoms with E-state index in [1.807, 2.05) is 18.2 Å². The first-order valence-corrected chi connectivity index (χ1v) is 12.6. The number of anilines is 2. The fraction of sp³-hybridized carbons (Fsp3) is 0.381. The number of nitrogen functional groups attached to an aromatic ring is 1. The van der Waals surface area contributed by atoms with Gasteiger partial charge >= 0.3 is 0 Å². The highest BCUT2D eigenvalue weighted by Gasteiger charge is 2.29. The van der Waals surface area contributed by atoms with E-state index in [1.54, 1.807) is 0 Å². The van der Waals surface area contributed by atoms with Crippen LogP contribution >= 0.6 is 0 Å². The quantitative estimate of drug-likeness (QED) is 0.668. The average molecular weight is 368 g/mol. The summed E-state index contributed by atoms with van der Waals surface area (Å²) in [6.07, 6.45) is 1.00. The van der Waals surface area contributed by atoms with Crippen LogP contribution in [0, 0.1) is 0 Å². The molecule has 2 N–H and O–H groups in total. The van der Waals surface area contributed by atoms with E-state index < -0.39 is 8.07 Å². The third-order valence-electron chi connectivity index (χ3n) is 5.26. The fourth-order valence-electron chi connectivity index (χ4n) is 3.59. The van der Waals surface area contributed by atoms with Crippen LogP contribution in [0.5, 0.6) is 0 Å². The fourth-order valence-corrected chi connectivity index (χ4v) is 5.87. The van der Waals surface area contributed by atoms with Gasteiger partial charge in [-0.3, -0.25) is 4.79 Å². The second-order valence-electron chi connectivity index (χ2n) is 7.74. The van der Waals surface area contributed by atoms with Crippen LogP contribution in [0.15, 0.2) is 54.6 Å². The molecule has 1 aliphatic heterocycles. The van der Waals surface area contributed by atoms with Crippen LogP contribution in [-0.4, -0.2) is 45.1 Å². The minimum Gasteiger partial charge on any atom is -0.399 e. The van der Waals surface area contributed by atoms with Gasteiger partial charge in [0.15, 0.2) is 0 Å². The molecule has 2 aromatic carbocycles. The zero-order chi connectivity index (χ0) is 18.6. The Bertz CT molecular complexity index is 731. The van der Waals surface area contributed by atoms with E-state index in [0.717, 1.165) is 38.3 Å². The standard InChI is InChI=1S/C21H29N3OSi/c1-26(2,20-7-4-3-5-8-20)17-21(25)24-14-6-13-23(15-16-24)19-11-9-18(22)10-12-19/h3-5,7-12H,6,13-17,22H2,1-2H3. The highest BCUT2D eigenvalue weighted by Crippen LogP contribution is 2.19. The number of benzene rings is 2. The van der Waals surface area contributed by atoms with Crippen LogP contribution in [0.4, 0.5) is 11.4 Å². The van der Waals surface area contributed by atoms with Crippen molar-refractivity contribution in [3.63, 3.8) is 0 Å². The maximum atomic E-state index is 13.0. The molecule has 1 fully saturated rings. The Labute approximate surface area is 157 Å². The molecule has 0 radical (unpaired) electrons. The van der Waals surface area contributed by atoms with Gasteiger partial charge in [0.1, 0.15) is 0 Å². The van der Waals surface area contributed by atoms with Crippen LogP contribution in [0.3, 0.4) is 0 Å². The summed E-state index contributed by atoms with van der Waals surface area (Å²) >= 11 is 0. The SMILES string of the molecule is C[Si](C)(CC(=O)N1CCCN(c2ccc(N)cc2)CC1)c1ccccc1. The van der Waals surface area contributed by atoms with Crippen molar-refractivity contribution in [1.29, 1.82) is 0 Å². The molecule has 2 aromatic rings. The van der Waals surface area contributed by atoms with E-state index in [0.29, 0.717) is 12.0 Å². The molecule has 0 atom stereocenters. The lowest BCUT2D eigenvalue weighted by Gasteiger charge is -2.28. The molecule has 1 heterocycles. The molecule has 0 bridgehead atoms. The highest BCUT2D eigenvalue weighted by atomic mass is 28.3. The Morgan fingerprint density at radius 1 is 0.962 bits per heavy atom. The summed E-state index contributed by atoms with van der Waals surface area (Å²) in [5, 5.41) is 1.35. The lowest BCUT2D eigenvalue weighted by Crippen LogP contribution is -2.47. The van der Waals surface area contributed by atoms with Gasteiger partial charge in [-0.05, 0) is 30.7 Å². The summed E-state index contributed by atoms with van der Waals surface area (Å²) < 4.78 is 0. The van der Waals surface area contributed by atoms with Gasteiger partial charge in [-0.15, -0.1) is 0 Å². The summed E-state index contributed by atoms with van der Waals surface area (Å²) in [5.74, 6) is 0.310. The van der Waals surface area contributed by atoms with Crippen LogP contribution in [0.25, 0.3) is 0 Å². The van der Waals surface area contributed by atoms with E-state index in [-0.39, 0.29) is 0 Å². The van der Waals surface area contributed by atoms with Crippen LogP contribution in [-0.2, 0) is 4.79 Å². The molecule has 0 aliphatic carbocycles. The van der Waals surface area contributed by atoms with Crippen LogP contribution in [0.1, 0.15) is 6.42 Å². The van der Waals surface area contributed by atoms with Gasteiger partial charge in [-0.2, -0.15) is 0 Å². The van der Waals surface area contributed by atoms with Crippen LogP contribution in [0.2, 0.25) is 19.1 Å². The summed E-state index contributed by atoms with van der Waals surface area (Å²) in [7, 11) is -1.75. The number of amides is 1. The van der Waals surface area contributed by atoms with Crippen molar-refractivity contribution in [1.82, 2.24) is 4.90 Å².